The SMILES string of the molecule is O=S(O)O.[Pm]. The first kappa shape index (κ1) is 9.64. The fourth-order valence-electron chi connectivity index (χ4n) is 0. The van der Waals surface area contributed by atoms with E-state index in [4.69, 9.17) is 13.3 Å². The summed E-state index contributed by atoms with van der Waals surface area (Å²) in [6, 6.07) is 0. The molecule has 0 saturated carbocycles. The van der Waals surface area contributed by atoms with Crippen LogP contribution in [-0.2, 0) is 11.4 Å². The van der Waals surface area contributed by atoms with E-state index in [1.807, 2.05) is 0 Å². The molecule has 0 unspecified atom stereocenters. The average Bonchev–Trinajstić information content (AvgIpc) is 0.811. The minimum atomic E-state index is -2.61. The Labute approximate surface area is 64.4 Å². The van der Waals surface area contributed by atoms with Gasteiger partial charge in [-0.3, -0.25) is 9.11 Å². The van der Waals surface area contributed by atoms with Crippen molar-refractivity contribution in [1.29, 1.82) is 0 Å². The van der Waals surface area contributed by atoms with Crippen molar-refractivity contribution in [2.45, 2.75) is 0 Å². The van der Waals surface area contributed by atoms with Gasteiger partial charge in [-0.15, -0.1) is 0 Å². The molecule has 31 valence electrons. The summed E-state index contributed by atoms with van der Waals surface area (Å²) in [7, 11) is 0. The van der Waals surface area contributed by atoms with Crippen LogP contribution < -0.4 is 0 Å². The largest absolute Gasteiger partial charge is 0.299 e. The summed E-state index contributed by atoms with van der Waals surface area (Å²) in [5.74, 6) is 0. The second-order valence-electron chi connectivity index (χ2n) is 0.231. The monoisotopic (exact) mass is 227 g/mol. The Bertz CT molecular complexity index is 29.9. The van der Waals surface area contributed by atoms with E-state index in [1.165, 1.54) is 0 Å². The first-order valence-electron chi connectivity index (χ1n) is 0.532. The maximum absolute atomic E-state index is 8.67. The summed E-state index contributed by atoms with van der Waals surface area (Å²) in [5, 5.41) is 0. The zero-order valence-corrected chi connectivity index (χ0v) is 5.84. The number of hydrogen-bond donors (Lipinski definition) is 2. The van der Waals surface area contributed by atoms with Crippen LogP contribution in [0.2, 0.25) is 0 Å². The van der Waals surface area contributed by atoms with Gasteiger partial charge in [0.1, 0.15) is 0 Å². The molecule has 0 aliphatic heterocycles. The van der Waals surface area contributed by atoms with Crippen molar-refractivity contribution in [1.82, 2.24) is 0 Å². The topological polar surface area (TPSA) is 57.5 Å². The molecule has 0 aromatic rings. The van der Waals surface area contributed by atoms with Gasteiger partial charge >= 0.3 is 0 Å². The second-order valence-corrected chi connectivity index (χ2v) is 0.692. The molecular formula is H2O3PmS. The zero-order chi connectivity index (χ0) is 3.58. The van der Waals surface area contributed by atoms with E-state index in [0.717, 1.165) is 0 Å². The molecule has 0 aromatic heterocycles. The first-order chi connectivity index (χ1) is 1.73. The molecule has 0 saturated heterocycles. The van der Waals surface area contributed by atoms with Crippen molar-refractivity contribution >= 4 is 11.4 Å². The van der Waals surface area contributed by atoms with E-state index in [2.05, 4.69) is 0 Å². The van der Waals surface area contributed by atoms with Crippen LogP contribution in [0.3, 0.4) is 0 Å². The van der Waals surface area contributed by atoms with Crippen molar-refractivity contribution in [3.63, 3.8) is 0 Å². The van der Waals surface area contributed by atoms with Gasteiger partial charge in [-0.2, -0.15) is 4.21 Å². The van der Waals surface area contributed by atoms with E-state index < -0.39 is 11.4 Å². The molecule has 0 amide bonds. The molecule has 5 heavy (non-hydrogen) atoms. The van der Waals surface area contributed by atoms with Crippen LogP contribution >= 0.6 is 0 Å². The fourth-order valence-corrected chi connectivity index (χ4v) is 0. The molecule has 0 rings (SSSR count). The quantitative estimate of drug-likeness (QED) is 0.557. The fraction of sp³-hybridized carbons (Fsp3) is 0. The van der Waals surface area contributed by atoms with Crippen LogP contribution in [0.4, 0.5) is 0 Å². The van der Waals surface area contributed by atoms with Gasteiger partial charge in [0, 0.05) is 40.4 Å². The maximum atomic E-state index is 8.67. The molecule has 3 nitrogen and oxygen atoms in total. The third kappa shape index (κ3) is 31.7. The van der Waals surface area contributed by atoms with Gasteiger partial charge in [-0.05, 0) is 0 Å². The molecule has 0 atom stereocenters. The predicted octanol–water partition coefficient (Wildman–Crippen LogP) is -0.319. The van der Waals surface area contributed by atoms with Gasteiger partial charge in [0.25, 0.3) is 11.4 Å². The van der Waals surface area contributed by atoms with Crippen molar-refractivity contribution in [2.24, 2.45) is 0 Å². The normalized spacial score (nSPS) is 7.00. The molecule has 0 bridgehead atoms. The Morgan fingerprint density at radius 2 is 1.40 bits per heavy atom. The Morgan fingerprint density at radius 3 is 1.40 bits per heavy atom. The smallest absolute Gasteiger partial charge is 0.284 e. The first-order valence-corrected chi connectivity index (χ1v) is 1.60. The van der Waals surface area contributed by atoms with Crippen molar-refractivity contribution in [3.8, 4) is 0 Å². The third-order valence-electron chi connectivity index (χ3n) is 0. The van der Waals surface area contributed by atoms with Gasteiger partial charge in [-0.25, -0.2) is 0 Å². The van der Waals surface area contributed by atoms with Crippen LogP contribution in [0.1, 0.15) is 0 Å². The molecule has 0 heterocycles. The Hall–Kier alpha value is 1.41. The molecule has 2 N–H and O–H groups in total. The standard InChI is InChI=1S/H2O3S.Pm/c1-4(2)3;/h(H2,1,2,3);. The summed E-state index contributed by atoms with van der Waals surface area (Å²) >= 11 is -2.61. The molecule has 1 radical (unpaired) electrons. The molecule has 0 aliphatic carbocycles. The van der Waals surface area contributed by atoms with Crippen LogP contribution in [0.15, 0.2) is 0 Å². The second kappa shape index (κ2) is 5.41. The van der Waals surface area contributed by atoms with Crippen LogP contribution in [-0.4, -0.2) is 13.3 Å². The van der Waals surface area contributed by atoms with Crippen molar-refractivity contribution < 1.29 is 53.7 Å². The number of hydrogen-bond acceptors (Lipinski definition) is 1. The molecule has 5 heteroatoms. The summed E-state index contributed by atoms with van der Waals surface area (Å²) in [4.78, 5) is 0. The third-order valence-corrected chi connectivity index (χ3v) is 0. The van der Waals surface area contributed by atoms with Gasteiger partial charge < -0.3 is 0 Å². The summed E-state index contributed by atoms with van der Waals surface area (Å²) in [6.45, 7) is 0. The summed E-state index contributed by atoms with van der Waals surface area (Å²) < 4.78 is 22.8. The van der Waals surface area contributed by atoms with E-state index in [0.29, 0.717) is 0 Å². The minimum Gasteiger partial charge on any atom is -0.284 e. The van der Waals surface area contributed by atoms with E-state index >= 15 is 0 Å². The van der Waals surface area contributed by atoms with Crippen molar-refractivity contribution in [3.05, 3.63) is 0 Å². The molecule has 0 aromatic carbocycles. The van der Waals surface area contributed by atoms with E-state index in [-0.39, 0.29) is 40.4 Å². The van der Waals surface area contributed by atoms with Crippen LogP contribution in [0, 0.1) is 40.4 Å². The Balaban J connectivity index is 0. The summed E-state index contributed by atoms with van der Waals surface area (Å²) in [5.41, 5.74) is 0. The number of rotatable bonds is 0. The minimum absolute atomic E-state index is 0. The van der Waals surface area contributed by atoms with Gasteiger partial charge in [0.2, 0.25) is 0 Å². The van der Waals surface area contributed by atoms with E-state index in [9.17, 15) is 0 Å². The zero-order valence-electron chi connectivity index (χ0n) is 2.16. The van der Waals surface area contributed by atoms with Gasteiger partial charge in [0.15, 0.2) is 0 Å². The van der Waals surface area contributed by atoms with Gasteiger partial charge in [-0.1, -0.05) is 0 Å². The van der Waals surface area contributed by atoms with E-state index in [1.54, 1.807) is 0 Å². The molecule has 0 spiro atoms. The molecule has 0 aliphatic rings. The predicted molar refractivity (Wildman–Crippen MR) is 13.4 cm³/mol. The summed E-state index contributed by atoms with van der Waals surface area (Å²) in [6.07, 6.45) is 0. The average molecular weight is 227 g/mol. The Kier molecular flexibility index (Phi) is 10.4. The molecule has 0 fully saturated rings. The van der Waals surface area contributed by atoms with Crippen LogP contribution in [0.25, 0.3) is 0 Å². The van der Waals surface area contributed by atoms with Crippen molar-refractivity contribution in [2.75, 3.05) is 0 Å². The van der Waals surface area contributed by atoms with Gasteiger partial charge in [0.05, 0.1) is 0 Å². The Morgan fingerprint density at radius 1 is 1.40 bits per heavy atom. The molecular weight excluding hydrogens is 225 g/mol. The van der Waals surface area contributed by atoms with Crippen LogP contribution in [0.5, 0.6) is 0 Å². The maximum Gasteiger partial charge on any atom is 0.299 e.